The van der Waals surface area contributed by atoms with Crippen molar-refractivity contribution in [2.45, 2.75) is 12.7 Å². The molecule has 0 spiro atoms. The highest BCUT2D eigenvalue weighted by Crippen LogP contribution is 2.34. The van der Waals surface area contributed by atoms with E-state index in [1.54, 1.807) is 0 Å². The molecule has 0 saturated heterocycles. The van der Waals surface area contributed by atoms with Crippen molar-refractivity contribution in [1.82, 2.24) is 14.7 Å². The fourth-order valence-corrected chi connectivity index (χ4v) is 3.46. The molecule has 11 heteroatoms. The zero-order valence-corrected chi connectivity index (χ0v) is 16.4. The van der Waals surface area contributed by atoms with Gasteiger partial charge in [-0.2, -0.15) is 18.2 Å². The first-order valence-corrected chi connectivity index (χ1v) is 9.74. The van der Waals surface area contributed by atoms with Gasteiger partial charge in [0.05, 0.1) is 21.7 Å². The number of aromatic nitrogens is 3. The molecule has 7 nitrogen and oxygen atoms in total. The van der Waals surface area contributed by atoms with Gasteiger partial charge in [-0.15, -0.1) is 11.3 Å². The Kier molecular flexibility index (Phi) is 5.42. The van der Waals surface area contributed by atoms with Crippen LogP contribution in [0.15, 0.2) is 69.4 Å². The van der Waals surface area contributed by atoms with Crippen molar-refractivity contribution in [2.24, 2.45) is 0 Å². The third-order valence-electron chi connectivity index (χ3n) is 4.22. The summed E-state index contributed by atoms with van der Waals surface area (Å²) in [6.45, 7) is -0.495. The molecule has 1 aromatic carbocycles. The molecule has 1 amide bonds. The number of halogens is 3. The quantitative estimate of drug-likeness (QED) is 0.494. The molecular formula is C20H13F3N4O3S. The van der Waals surface area contributed by atoms with Crippen molar-refractivity contribution in [3.63, 3.8) is 0 Å². The van der Waals surface area contributed by atoms with Gasteiger partial charge in [-0.1, -0.05) is 23.4 Å². The predicted octanol–water partition coefficient (Wildman–Crippen LogP) is 4.28. The second-order valence-electron chi connectivity index (χ2n) is 6.38. The van der Waals surface area contributed by atoms with E-state index in [4.69, 9.17) is 4.52 Å². The van der Waals surface area contributed by atoms with Crippen LogP contribution in [0.2, 0.25) is 0 Å². The molecule has 1 N–H and O–H groups in total. The molecule has 0 saturated carbocycles. The Bertz CT molecular complexity index is 1280. The SMILES string of the molecule is O=C(Cn1cc(-c2nc(-c3cccs3)no2)ccc1=O)Nc1ccccc1C(F)(F)F. The fraction of sp³-hybridized carbons (Fsp3) is 0.100. The molecule has 0 aliphatic heterocycles. The zero-order chi connectivity index (χ0) is 22.0. The minimum absolute atomic E-state index is 0.139. The van der Waals surface area contributed by atoms with Crippen molar-refractivity contribution >= 4 is 22.9 Å². The van der Waals surface area contributed by atoms with Crippen LogP contribution >= 0.6 is 11.3 Å². The number of anilines is 1. The molecule has 31 heavy (non-hydrogen) atoms. The van der Waals surface area contributed by atoms with E-state index in [0.29, 0.717) is 11.4 Å². The smallest absolute Gasteiger partial charge is 0.334 e. The summed E-state index contributed by atoms with van der Waals surface area (Å²) in [4.78, 5) is 29.5. The highest BCUT2D eigenvalue weighted by molar-refractivity contribution is 7.13. The van der Waals surface area contributed by atoms with Crippen molar-refractivity contribution < 1.29 is 22.5 Å². The number of para-hydroxylation sites is 1. The van der Waals surface area contributed by atoms with Crippen molar-refractivity contribution in [3.8, 4) is 22.2 Å². The van der Waals surface area contributed by atoms with Gasteiger partial charge in [-0.05, 0) is 29.6 Å². The molecular weight excluding hydrogens is 433 g/mol. The second kappa shape index (κ2) is 8.19. The maximum Gasteiger partial charge on any atom is 0.418 e. The number of nitrogens with one attached hydrogen (secondary N) is 1. The minimum atomic E-state index is -4.63. The van der Waals surface area contributed by atoms with E-state index < -0.39 is 29.8 Å². The molecule has 4 rings (SSSR count). The minimum Gasteiger partial charge on any atom is -0.334 e. The lowest BCUT2D eigenvalue weighted by atomic mass is 10.1. The van der Waals surface area contributed by atoms with E-state index in [2.05, 4.69) is 15.5 Å². The van der Waals surface area contributed by atoms with Gasteiger partial charge in [-0.25, -0.2) is 0 Å². The third-order valence-corrected chi connectivity index (χ3v) is 5.08. The van der Waals surface area contributed by atoms with E-state index in [1.165, 1.54) is 41.8 Å². The predicted molar refractivity (Wildman–Crippen MR) is 107 cm³/mol. The van der Waals surface area contributed by atoms with Crippen LogP contribution < -0.4 is 10.9 Å². The van der Waals surface area contributed by atoms with Gasteiger partial charge in [0.2, 0.25) is 11.7 Å². The van der Waals surface area contributed by atoms with E-state index in [1.807, 2.05) is 17.5 Å². The van der Waals surface area contributed by atoms with Crippen LogP contribution in [-0.4, -0.2) is 20.6 Å². The Morgan fingerprint density at radius 1 is 1.13 bits per heavy atom. The van der Waals surface area contributed by atoms with Gasteiger partial charge in [0.15, 0.2) is 0 Å². The lowest BCUT2D eigenvalue weighted by Crippen LogP contribution is -2.27. The molecule has 0 fully saturated rings. The highest BCUT2D eigenvalue weighted by atomic mass is 32.1. The molecule has 0 aliphatic rings. The van der Waals surface area contributed by atoms with Crippen molar-refractivity contribution in [2.75, 3.05) is 5.32 Å². The Morgan fingerprint density at radius 2 is 1.94 bits per heavy atom. The topological polar surface area (TPSA) is 90.0 Å². The zero-order valence-electron chi connectivity index (χ0n) is 15.6. The number of benzene rings is 1. The highest BCUT2D eigenvalue weighted by Gasteiger charge is 2.33. The number of hydrogen-bond donors (Lipinski definition) is 1. The number of pyridine rings is 1. The first-order valence-electron chi connectivity index (χ1n) is 8.86. The van der Waals surface area contributed by atoms with Gasteiger partial charge in [0.25, 0.3) is 11.4 Å². The Morgan fingerprint density at radius 3 is 2.68 bits per heavy atom. The molecule has 3 aromatic heterocycles. The van der Waals surface area contributed by atoms with Crippen LogP contribution in [0.3, 0.4) is 0 Å². The fourth-order valence-electron chi connectivity index (χ4n) is 2.81. The number of nitrogens with zero attached hydrogens (tertiary/aromatic N) is 3. The van der Waals surface area contributed by atoms with Crippen molar-refractivity contribution in [3.05, 3.63) is 76.0 Å². The van der Waals surface area contributed by atoms with E-state index in [0.717, 1.165) is 21.6 Å². The number of alkyl halides is 3. The summed E-state index contributed by atoms with van der Waals surface area (Å²) in [6, 6.07) is 10.9. The molecule has 0 bridgehead atoms. The van der Waals surface area contributed by atoms with E-state index in [9.17, 15) is 22.8 Å². The Balaban J connectivity index is 1.55. The first kappa shape index (κ1) is 20.5. The maximum atomic E-state index is 13.1. The van der Waals surface area contributed by atoms with E-state index >= 15 is 0 Å². The molecule has 3 heterocycles. The lowest BCUT2D eigenvalue weighted by molar-refractivity contribution is -0.137. The monoisotopic (exact) mass is 446 g/mol. The number of hydrogen-bond acceptors (Lipinski definition) is 6. The average Bonchev–Trinajstić information content (AvgIpc) is 3.41. The van der Waals surface area contributed by atoms with Crippen LogP contribution in [0.1, 0.15) is 5.56 Å². The van der Waals surface area contributed by atoms with Crippen LogP contribution in [-0.2, 0) is 17.5 Å². The number of rotatable bonds is 5. The molecule has 0 unspecified atom stereocenters. The summed E-state index contributed by atoms with van der Waals surface area (Å²) in [7, 11) is 0. The maximum absolute atomic E-state index is 13.1. The van der Waals surface area contributed by atoms with Gasteiger partial charge in [-0.3, -0.25) is 9.59 Å². The molecule has 158 valence electrons. The largest absolute Gasteiger partial charge is 0.418 e. The Hall–Kier alpha value is -3.73. The second-order valence-corrected chi connectivity index (χ2v) is 7.32. The molecule has 0 atom stereocenters. The number of carbonyl (C=O) groups is 1. The van der Waals surface area contributed by atoms with Crippen molar-refractivity contribution in [1.29, 1.82) is 0 Å². The number of amides is 1. The normalized spacial score (nSPS) is 11.5. The first-order chi connectivity index (χ1) is 14.8. The molecule has 4 aromatic rings. The summed E-state index contributed by atoms with van der Waals surface area (Å²) in [5.41, 5.74) is -1.49. The third kappa shape index (κ3) is 4.56. The van der Waals surface area contributed by atoms with Crippen LogP contribution in [0.5, 0.6) is 0 Å². The molecule has 0 radical (unpaired) electrons. The van der Waals surface area contributed by atoms with Gasteiger partial charge in [0.1, 0.15) is 6.54 Å². The van der Waals surface area contributed by atoms with Gasteiger partial charge in [0, 0.05) is 12.3 Å². The summed E-state index contributed by atoms with van der Waals surface area (Å²) in [6.07, 6.45) is -3.29. The summed E-state index contributed by atoms with van der Waals surface area (Å²) in [5, 5.41) is 7.96. The Labute approximate surface area is 176 Å². The van der Waals surface area contributed by atoms with Gasteiger partial charge < -0.3 is 14.4 Å². The molecule has 0 aliphatic carbocycles. The summed E-state index contributed by atoms with van der Waals surface area (Å²) < 4.78 is 45.6. The average molecular weight is 446 g/mol. The number of thiophene rings is 1. The van der Waals surface area contributed by atoms with Crippen LogP contribution in [0.25, 0.3) is 22.2 Å². The van der Waals surface area contributed by atoms with E-state index in [-0.39, 0.29) is 11.6 Å². The van der Waals surface area contributed by atoms with Crippen LogP contribution in [0.4, 0.5) is 18.9 Å². The number of carbonyl (C=O) groups excluding carboxylic acids is 1. The summed E-state index contributed by atoms with van der Waals surface area (Å²) >= 11 is 1.43. The summed E-state index contributed by atoms with van der Waals surface area (Å²) in [5.74, 6) is -0.273. The van der Waals surface area contributed by atoms with Gasteiger partial charge >= 0.3 is 6.18 Å². The lowest BCUT2D eigenvalue weighted by Gasteiger charge is -2.14. The standard InChI is InChI=1S/C20H13F3N4O3S/c21-20(22,23)13-4-1-2-5-14(13)24-16(28)11-27-10-12(7-8-17(27)29)19-25-18(26-30-19)15-6-3-9-31-15/h1-10H,11H2,(H,24,28). The van der Waals surface area contributed by atoms with Crippen LogP contribution in [0, 0.1) is 0 Å².